The van der Waals surface area contributed by atoms with Crippen molar-refractivity contribution >= 4 is 0 Å². The summed E-state index contributed by atoms with van der Waals surface area (Å²) in [6.07, 6.45) is 4.14. The fourth-order valence-corrected chi connectivity index (χ4v) is 3.35. The predicted octanol–water partition coefficient (Wildman–Crippen LogP) is 4.64. The van der Waals surface area contributed by atoms with Crippen molar-refractivity contribution in [3.63, 3.8) is 0 Å². The summed E-state index contributed by atoms with van der Waals surface area (Å²) in [6, 6.07) is 8.60. The van der Waals surface area contributed by atoms with Crippen LogP contribution in [0.5, 0.6) is 5.75 Å². The summed E-state index contributed by atoms with van der Waals surface area (Å²) < 4.78 is 6.17. The smallest absolute Gasteiger partial charge is 0.119 e. The minimum Gasteiger partial charge on any atom is -0.490 e. The van der Waals surface area contributed by atoms with Crippen molar-refractivity contribution in [2.75, 3.05) is 6.54 Å². The number of hydrogen-bond acceptors (Lipinski definition) is 2. The zero-order chi connectivity index (χ0) is 15.2. The van der Waals surface area contributed by atoms with Gasteiger partial charge in [-0.1, -0.05) is 39.8 Å². The highest BCUT2D eigenvalue weighted by Gasteiger charge is 2.25. The third kappa shape index (κ3) is 5.70. The zero-order valence-electron chi connectivity index (χ0n) is 14.1. The monoisotopic (exact) mass is 289 g/mol. The lowest BCUT2D eigenvalue weighted by atomic mass is 9.82. The van der Waals surface area contributed by atoms with E-state index in [9.17, 15) is 0 Å². The predicted molar refractivity (Wildman–Crippen MR) is 89.6 cm³/mol. The zero-order valence-corrected chi connectivity index (χ0v) is 14.1. The molecule has 1 saturated carbocycles. The van der Waals surface area contributed by atoms with Crippen LogP contribution in [0.3, 0.4) is 0 Å². The molecule has 2 rings (SSSR count). The summed E-state index contributed by atoms with van der Waals surface area (Å²) in [7, 11) is 0. The minimum absolute atomic E-state index is 0.397. The Bertz CT molecular complexity index is 402. The van der Waals surface area contributed by atoms with Gasteiger partial charge in [0.2, 0.25) is 0 Å². The highest BCUT2D eigenvalue weighted by molar-refractivity contribution is 5.27. The highest BCUT2D eigenvalue weighted by Crippen LogP contribution is 2.31. The normalized spacial score (nSPS) is 26.0. The first-order chi connectivity index (χ1) is 10.0. The second-order valence-electron chi connectivity index (χ2n) is 7.33. The third-order valence-corrected chi connectivity index (χ3v) is 4.24. The Labute approximate surface area is 130 Å². The Morgan fingerprint density at radius 2 is 1.67 bits per heavy atom. The molecular weight excluding hydrogens is 258 g/mol. The quantitative estimate of drug-likeness (QED) is 0.824. The molecule has 0 amide bonds. The first-order valence-electron chi connectivity index (χ1n) is 8.49. The van der Waals surface area contributed by atoms with Crippen molar-refractivity contribution in [3.05, 3.63) is 29.8 Å². The maximum absolute atomic E-state index is 6.17. The Morgan fingerprint density at radius 3 is 2.24 bits per heavy atom. The van der Waals surface area contributed by atoms with E-state index in [1.54, 1.807) is 0 Å². The highest BCUT2D eigenvalue weighted by atomic mass is 16.5. The van der Waals surface area contributed by atoms with E-state index in [-0.39, 0.29) is 0 Å². The molecule has 118 valence electrons. The van der Waals surface area contributed by atoms with E-state index in [4.69, 9.17) is 4.74 Å². The van der Waals surface area contributed by atoms with Gasteiger partial charge in [-0.25, -0.2) is 0 Å². The Morgan fingerprint density at radius 1 is 1.05 bits per heavy atom. The van der Waals surface area contributed by atoms with Crippen LogP contribution in [0.4, 0.5) is 0 Å². The van der Waals surface area contributed by atoms with E-state index in [1.807, 2.05) is 0 Å². The van der Waals surface area contributed by atoms with Crippen LogP contribution < -0.4 is 10.1 Å². The van der Waals surface area contributed by atoms with Gasteiger partial charge in [0.05, 0.1) is 6.10 Å². The van der Waals surface area contributed by atoms with Gasteiger partial charge in [0, 0.05) is 6.54 Å². The molecule has 0 spiro atoms. The van der Waals surface area contributed by atoms with E-state index in [0.29, 0.717) is 12.0 Å². The van der Waals surface area contributed by atoms with Crippen molar-refractivity contribution in [2.45, 2.75) is 59.6 Å². The lowest BCUT2D eigenvalue weighted by molar-refractivity contribution is 0.101. The van der Waals surface area contributed by atoms with Crippen LogP contribution in [0.1, 0.15) is 52.5 Å². The molecule has 1 N–H and O–H groups in total. The van der Waals surface area contributed by atoms with Crippen LogP contribution in [0, 0.1) is 17.8 Å². The van der Waals surface area contributed by atoms with Crippen molar-refractivity contribution in [2.24, 2.45) is 17.8 Å². The van der Waals surface area contributed by atoms with E-state index in [1.165, 1.54) is 24.8 Å². The van der Waals surface area contributed by atoms with Crippen molar-refractivity contribution in [1.82, 2.24) is 5.32 Å². The molecule has 2 atom stereocenters. The van der Waals surface area contributed by atoms with E-state index < -0.39 is 0 Å². The Balaban J connectivity index is 1.81. The molecule has 21 heavy (non-hydrogen) atoms. The number of hydrogen-bond donors (Lipinski definition) is 1. The van der Waals surface area contributed by atoms with Crippen molar-refractivity contribution in [1.29, 1.82) is 0 Å². The molecule has 1 fully saturated rings. The molecule has 0 radical (unpaired) electrons. The molecule has 1 aliphatic carbocycles. The van der Waals surface area contributed by atoms with Crippen LogP contribution in [0.15, 0.2) is 24.3 Å². The van der Waals surface area contributed by atoms with Gasteiger partial charge in [-0.2, -0.15) is 0 Å². The molecule has 0 saturated heterocycles. The molecule has 0 aliphatic heterocycles. The summed E-state index contributed by atoms with van der Waals surface area (Å²) in [4.78, 5) is 0. The maximum Gasteiger partial charge on any atom is 0.119 e. The Kier molecular flexibility index (Phi) is 6.10. The molecule has 1 aliphatic rings. The van der Waals surface area contributed by atoms with Gasteiger partial charge in [-0.05, 0) is 61.3 Å². The molecule has 2 nitrogen and oxygen atoms in total. The number of ether oxygens (including phenoxy) is 1. The van der Waals surface area contributed by atoms with Gasteiger partial charge in [-0.15, -0.1) is 0 Å². The molecule has 0 bridgehead atoms. The third-order valence-electron chi connectivity index (χ3n) is 4.24. The van der Waals surface area contributed by atoms with Crippen LogP contribution >= 0.6 is 0 Å². The SMILES string of the molecule is CC(C)CNCc1ccc(OC2CC(C)CC(C)C2)cc1. The summed E-state index contributed by atoms with van der Waals surface area (Å²) in [6.45, 7) is 11.2. The number of benzene rings is 1. The second kappa shape index (κ2) is 7.84. The first-order valence-corrected chi connectivity index (χ1v) is 8.49. The summed E-state index contributed by atoms with van der Waals surface area (Å²) >= 11 is 0. The van der Waals surface area contributed by atoms with Crippen LogP contribution in [0.2, 0.25) is 0 Å². The number of rotatable bonds is 6. The lowest BCUT2D eigenvalue weighted by Crippen LogP contribution is -2.28. The van der Waals surface area contributed by atoms with E-state index >= 15 is 0 Å². The van der Waals surface area contributed by atoms with Gasteiger partial charge in [-0.3, -0.25) is 0 Å². The van der Waals surface area contributed by atoms with Gasteiger partial charge in [0.25, 0.3) is 0 Å². The maximum atomic E-state index is 6.17. The van der Waals surface area contributed by atoms with Gasteiger partial charge in [0.1, 0.15) is 5.75 Å². The van der Waals surface area contributed by atoms with Gasteiger partial charge < -0.3 is 10.1 Å². The molecule has 0 heterocycles. The fraction of sp³-hybridized carbons (Fsp3) is 0.684. The molecule has 1 aromatic rings. The molecule has 1 aromatic carbocycles. The van der Waals surface area contributed by atoms with Crippen LogP contribution in [0.25, 0.3) is 0 Å². The standard InChI is InChI=1S/C19H31NO/c1-14(2)12-20-13-17-5-7-18(8-6-17)21-19-10-15(3)9-16(4)11-19/h5-8,14-16,19-20H,9-13H2,1-4H3. The molecule has 0 aromatic heterocycles. The molecule has 2 heteroatoms. The van der Waals surface area contributed by atoms with Gasteiger partial charge in [0.15, 0.2) is 0 Å². The topological polar surface area (TPSA) is 21.3 Å². The average molecular weight is 289 g/mol. The van der Waals surface area contributed by atoms with E-state index in [2.05, 4.69) is 57.3 Å². The largest absolute Gasteiger partial charge is 0.490 e. The van der Waals surface area contributed by atoms with Crippen LogP contribution in [-0.2, 0) is 6.54 Å². The van der Waals surface area contributed by atoms with Crippen LogP contribution in [-0.4, -0.2) is 12.6 Å². The summed E-state index contributed by atoms with van der Waals surface area (Å²) in [5, 5.41) is 3.47. The van der Waals surface area contributed by atoms with Gasteiger partial charge >= 0.3 is 0 Å². The van der Waals surface area contributed by atoms with Crippen molar-refractivity contribution in [3.8, 4) is 5.75 Å². The minimum atomic E-state index is 0.397. The van der Waals surface area contributed by atoms with E-state index in [0.717, 1.165) is 30.7 Å². The fourth-order valence-electron chi connectivity index (χ4n) is 3.35. The second-order valence-corrected chi connectivity index (χ2v) is 7.33. The molecular formula is C19H31NO. The lowest BCUT2D eigenvalue weighted by Gasteiger charge is -2.31. The summed E-state index contributed by atoms with van der Waals surface area (Å²) in [5.41, 5.74) is 1.33. The first kappa shape index (κ1) is 16.4. The average Bonchev–Trinajstić information content (AvgIpc) is 2.39. The Hall–Kier alpha value is -1.02. The molecule has 2 unspecified atom stereocenters. The summed E-state index contributed by atoms with van der Waals surface area (Å²) in [5.74, 6) is 3.30. The number of nitrogens with one attached hydrogen (secondary N) is 1. The van der Waals surface area contributed by atoms with Crippen molar-refractivity contribution < 1.29 is 4.74 Å².